The number of hydrogen-bond donors (Lipinski definition) is 1. The quantitative estimate of drug-likeness (QED) is 0.783. The summed E-state index contributed by atoms with van der Waals surface area (Å²) in [6.07, 6.45) is 3.40. The molecule has 5 heteroatoms. The van der Waals surface area contributed by atoms with Crippen LogP contribution < -0.4 is 5.73 Å². The molecule has 0 aliphatic rings. The highest BCUT2D eigenvalue weighted by Crippen LogP contribution is 2.31. The van der Waals surface area contributed by atoms with E-state index in [1.165, 1.54) is 0 Å². The van der Waals surface area contributed by atoms with Crippen LogP contribution in [0, 0.1) is 6.92 Å². The number of nitrogen functional groups attached to an aromatic ring is 1. The van der Waals surface area contributed by atoms with Crippen molar-refractivity contribution in [1.29, 1.82) is 0 Å². The van der Waals surface area contributed by atoms with Crippen LogP contribution in [-0.4, -0.2) is 10.1 Å². The molecule has 0 saturated carbocycles. The molecule has 4 nitrogen and oxygen atoms in total. The van der Waals surface area contributed by atoms with E-state index in [0.717, 1.165) is 11.1 Å². The molecule has 2 heterocycles. The van der Waals surface area contributed by atoms with E-state index in [9.17, 15) is 0 Å². The minimum atomic E-state index is 0.197. The summed E-state index contributed by atoms with van der Waals surface area (Å²) < 4.78 is 4.99. The minimum Gasteiger partial charge on any atom is -0.380 e. The molecule has 0 radical (unpaired) electrons. The van der Waals surface area contributed by atoms with E-state index >= 15 is 0 Å². The van der Waals surface area contributed by atoms with Gasteiger partial charge in [0.1, 0.15) is 5.02 Å². The number of nitrogens with two attached hydrogens (primary N) is 1. The van der Waals surface area contributed by atoms with Gasteiger partial charge in [0.25, 0.3) is 0 Å². The summed E-state index contributed by atoms with van der Waals surface area (Å²) in [5, 5.41) is 3.90. The molecule has 0 fully saturated rings. The molecular weight excluding hydrogens is 202 g/mol. The fraction of sp³-hybridized carbons (Fsp3) is 0.111. The number of hydrogen-bond acceptors (Lipinski definition) is 4. The van der Waals surface area contributed by atoms with Crippen LogP contribution in [0.3, 0.4) is 0 Å². The third-order valence-corrected chi connectivity index (χ3v) is 2.16. The van der Waals surface area contributed by atoms with Gasteiger partial charge in [-0.25, -0.2) is 0 Å². The Kier molecular flexibility index (Phi) is 2.13. The van der Waals surface area contributed by atoms with Gasteiger partial charge in [0, 0.05) is 18.0 Å². The van der Waals surface area contributed by atoms with Gasteiger partial charge in [-0.05, 0) is 18.6 Å². The van der Waals surface area contributed by atoms with Crippen LogP contribution in [0.2, 0.25) is 5.02 Å². The highest BCUT2D eigenvalue weighted by Gasteiger charge is 2.13. The molecule has 0 amide bonds. The predicted molar refractivity (Wildman–Crippen MR) is 53.9 cm³/mol. The molecule has 14 heavy (non-hydrogen) atoms. The summed E-state index contributed by atoms with van der Waals surface area (Å²) in [6.45, 7) is 1.93. The van der Waals surface area contributed by atoms with Crippen molar-refractivity contribution in [3.8, 4) is 11.3 Å². The molecule has 72 valence electrons. The second kappa shape index (κ2) is 3.31. The zero-order valence-corrected chi connectivity index (χ0v) is 8.25. The van der Waals surface area contributed by atoms with Crippen molar-refractivity contribution in [2.75, 3.05) is 5.73 Å². The van der Waals surface area contributed by atoms with E-state index in [4.69, 9.17) is 21.9 Å². The molecule has 0 bridgehead atoms. The summed E-state index contributed by atoms with van der Waals surface area (Å²) in [5.41, 5.74) is 7.26. The first kappa shape index (κ1) is 9.02. The number of aryl methyl sites for hydroxylation is 1. The summed E-state index contributed by atoms with van der Waals surface area (Å²) in [5.74, 6) is 0.656. The summed E-state index contributed by atoms with van der Waals surface area (Å²) >= 11 is 5.89. The van der Waals surface area contributed by atoms with E-state index in [1.54, 1.807) is 12.4 Å². The molecule has 0 aromatic carbocycles. The fourth-order valence-electron chi connectivity index (χ4n) is 1.15. The molecule has 2 aromatic heterocycles. The number of pyridine rings is 1. The third-order valence-electron chi connectivity index (χ3n) is 1.80. The normalized spacial score (nSPS) is 10.4. The average Bonchev–Trinajstić information content (AvgIpc) is 2.48. The van der Waals surface area contributed by atoms with Crippen LogP contribution in [0.25, 0.3) is 11.3 Å². The Hall–Kier alpha value is -1.55. The van der Waals surface area contributed by atoms with Crippen LogP contribution in [0.1, 0.15) is 5.56 Å². The maximum Gasteiger partial charge on any atom is 0.189 e. The molecule has 0 spiro atoms. The van der Waals surface area contributed by atoms with Crippen molar-refractivity contribution in [3.05, 3.63) is 29.0 Å². The highest BCUT2D eigenvalue weighted by atomic mass is 35.5. The lowest BCUT2D eigenvalue weighted by Gasteiger charge is -1.96. The zero-order chi connectivity index (χ0) is 10.1. The zero-order valence-electron chi connectivity index (χ0n) is 7.49. The van der Waals surface area contributed by atoms with Gasteiger partial charge in [0.15, 0.2) is 11.6 Å². The second-order valence-corrected chi connectivity index (χ2v) is 3.34. The summed E-state index contributed by atoms with van der Waals surface area (Å²) in [4.78, 5) is 4.02. The van der Waals surface area contributed by atoms with Gasteiger partial charge in [0.05, 0.1) is 0 Å². The van der Waals surface area contributed by atoms with Gasteiger partial charge in [-0.1, -0.05) is 16.8 Å². The van der Waals surface area contributed by atoms with Crippen LogP contribution in [0.5, 0.6) is 0 Å². The predicted octanol–water partition coefficient (Wildman–Crippen LogP) is 2.28. The van der Waals surface area contributed by atoms with E-state index < -0.39 is 0 Å². The lowest BCUT2D eigenvalue weighted by atomic mass is 10.2. The SMILES string of the molecule is Cc1cncc(-c2onc(N)c2Cl)c1. The molecule has 0 aliphatic heterocycles. The number of halogens is 1. The first-order valence-electron chi connectivity index (χ1n) is 4.01. The van der Waals surface area contributed by atoms with Gasteiger partial charge in [-0.2, -0.15) is 0 Å². The van der Waals surface area contributed by atoms with Gasteiger partial charge in [-0.15, -0.1) is 0 Å². The van der Waals surface area contributed by atoms with Crippen LogP contribution in [0.15, 0.2) is 23.0 Å². The second-order valence-electron chi connectivity index (χ2n) is 2.96. The molecule has 2 aromatic rings. The van der Waals surface area contributed by atoms with Crippen molar-refractivity contribution in [1.82, 2.24) is 10.1 Å². The molecule has 0 unspecified atom stereocenters. The van der Waals surface area contributed by atoms with Gasteiger partial charge in [0.2, 0.25) is 0 Å². The Bertz CT molecular complexity index is 467. The Morgan fingerprint density at radius 2 is 2.21 bits per heavy atom. The summed E-state index contributed by atoms with van der Waals surface area (Å²) in [6, 6.07) is 1.90. The van der Waals surface area contributed by atoms with E-state index in [1.807, 2.05) is 13.0 Å². The van der Waals surface area contributed by atoms with Crippen molar-refractivity contribution in [3.63, 3.8) is 0 Å². The lowest BCUT2D eigenvalue weighted by molar-refractivity contribution is 0.435. The van der Waals surface area contributed by atoms with Gasteiger partial charge in [-0.3, -0.25) is 4.98 Å². The van der Waals surface area contributed by atoms with Gasteiger partial charge < -0.3 is 10.3 Å². The molecule has 0 saturated heterocycles. The molecule has 2 rings (SSSR count). The first-order chi connectivity index (χ1) is 6.68. The number of aromatic nitrogens is 2. The Morgan fingerprint density at radius 1 is 1.43 bits per heavy atom. The first-order valence-corrected chi connectivity index (χ1v) is 4.39. The maximum atomic E-state index is 5.89. The highest BCUT2D eigenvalue weighted by molar-refractivity contribution is 6.35. The van der Waals surface area contributed by atoms with Gasteiger partial charge >= 0.3 is 0 Å². The largest absolute Gasteiger partial charge is 0.380 e. The lowest BCUT2D eigenvalue weighted by Crippen LogP contribution is -1.84. The van der Waals surface area contributed by atoms with Crippen LogP contribution in [0.4, 0.5) is 5.82 Å². The Morgan fingerprint density at radius 3 is 2.79 bits per heavy atom. The van der Waals surface area contributed by atoms with Crippen LogP contribution in [-0.2, 0) is 0 Å². The van der Waals surface area contributed by atoms with E-state index in [0.29, 0.717) is 10.8 Å². The molecular formula is C9H8ClN3O. The fourth-order valence-corrected chi connectivity index (χ4v) is 1.33. The topological polar surface area (TPSA) is 64.9 Å². The van der Waals surface area contributed by atoms with E-state index in [-0.39, 0.29) is 5.82 Å². The van der Waals surface area contributed by atoms with E-state index in [2.05, 4.69) is 10.1 Å². The number of rotatable bonds is 1. The van der Waals surface area contributed by atoms with Crippen molar-refractivity contribution in [2.24, 2.45) is 0 Å². The molecule has 0 aliphatic carbocycles. The Labute approximate surface area is 85.7 Å². The maximum absolute atomic E-state index is 5.89. The number of nitrogens with zero attached hydrogens (tertiary/aromatic N) is 2. The summed E-state index contributed by atoms with van der Waals surface area (Å²) in [7, 11) is 0. The Balaban J connectivity index is 2.55. The molecule has 0 atom stereocenters. The number of anilines is 1. The van der Waals surface area contributed by atoms with Crippen molar-refractivity contribution < 1.29 is 4.52 Å². The molecule has 2 N–H and O–H groups in total. The van der Waals surface area contributed by atoms with Crippen molar-refractivity contribution >= 4 is 17.4 Å². The smallest absolute Gasteiger partial charge is 0.189 e. The third kappa shape index (κ3) is 1.44. The monoisotopic (exact) mass is 209 g/mol. The average molecular weight is 210 g/mol. The minimum absolute atomic E-state index is 0.197. The van der Waals surface area contributed by atoms with Crippen LogP contribution >= 0.6 is 11.6 Å². The van der Waals surface area contributed by atoms with Crippen molar-refractivity contribution in [2.45, 2.75) is 6.92 Å². The standard InChI is InChI=1S/C9H8ClN3O/c1-5-2-6(4-12-3-5)8-7(10)9(11)13-14-8/h2-4H,1H3,(H2,11,13).